The Labute approximate surface area is 206 Å². The zero-order valence-electron chi connectivity index (χ0n) is 20.0. The number of likely N-dealkylation sites (N-methyl/N-ethyl adjacent to an activating group) is 1. The molecule has 0 bridgehead atoms. The molecule has 2 heterocycles. The molecule has 2 N–H and O–H groups in total. The number of amides is 1. The number of nitrogens with one attached hydrogen (secondary N) is 1. The number of carboxylic acid groups (broad SMARTS) is 1. The molecule has 6 nitrogen and oxygen atoms in total. The van der Waals surface area contributed by atoms with Crippen LogP contribution in [0.2, 0.25) is 0 Å². The Kier molecular flexibility index (Phi) is 7.18. The summed E-state index contributed by atoms with van der Waals surface area (Å²) >= 11 is 1.42. The minimum absolute atomic E-state index is 0. The zero-order valence-corrected chi connectivity index (χ0v) is 21.7. The second-order valence-corrected chi connectivity index (χ2v) is 11.6. The minimum atomic E-state index is -0.975. The summed E-state index contributed by atoms with van der Waals surface area (Å²) in [7, 11) is 2.13. The topological polar surface area (TPSA) is 72.9 Å². The first-order valence-electron chi connectivity index (χ1n) is 11.2. The van der Waals surface area contributed by atoms with E-state index in [1.807, 2.05) is 24.3 Å². The Bertz CT molecular complexity index is 1040. The Morgan fingerprint density at radius 3 is 2.21 bits per heavy atom. The highest BCUT2D eigenvalue weighted by Crippen LogP contribution is 2.52. The van der Waals surface area contributed by atoms with Crippen LogP contribution in [0.5, 0.6) is 0 Å². The second kappa shape index (κ2) is 9.28. The molecule has 1 aromatic heterocycles. The van der Waals surface area contributed by atoms with Gasteiger partial charge in [0.05, 0.1) is 5.56 Å². The highest BCUT2D eigenvalue weighted by molar-refractivity contribution is 7.17. The number of anilines is 2. The Balaban J connectivity index is 0.00000306. The number of carboxylic acids is 1. The molecular formula is C25H34ClN3O3S. The summed E-state index contributed by atoms with van der Waals surface area (Å²) < 4.78 is 0. The molecule has 1 aliphatic carbocycles. The molecule has 2 aromatic rings. The lowest BCUT2D eigenvalue weighted by atomic mass is 9.65. The van der Waals surface area contributed by atoms with Crippen molar-refractivity contribution in [2.45, 2.75) is 46.0 Å². The minimum Gasteiger partial charge on any atom is -0.478 e. The summed E-state index contributed by atoms with van der Waals surface area (Å²) in [5.41, 5.74) is 2.67. The molecule has 0 atom stereocenters. The van der Waals surface area contributed by atoms with Crippen LogP contribution in [-0.2, 0) is 11.8 Å². The summed E-state index contributed by atoms with van der Waals surface area (Å²) in [6, 6.07) is 7.60. The van der Waals surface area contributed by atoms with E-state index in [4.69, 9.17) is 0 Å². The molecule has 0 saturated carbocycles. The largest absolute Gasteiger partial charge is 0.478 e. The molecule has 1 aromatic carbocycles. The fourth-order valence-electron chi connectivity index (χ4n) is 5.38. The van der Waals surface area contributed by atoms with Crippen molar-refractivity contribution < 1.29 is 14.7 Å². The number of hydrogen-bond donors (Lipinski definition) is 2. The van der Waals surface area contributed by atoms with Gasteiger partial charge in [-0.3, -0.25) is 4.79 Å². The van der Waals surface area contributed by atoms with Crippen LogP contribution in [-0.4, -0.2) is 55.1 Å². The molecule has 0 spiro atoms. The number of piperazine rings is 1. The van der Waals surface area contributed by atoms with E-state index < -0.39 is 5.97 Å². The number of hydrogen-bond acceptors (Lipinski definition) is 5. The number of carbonyl (C=O) groups is 2. The predicted molar refractivity (Wildman–Crippen MR) is 138 cm³/mol. The Morgan fingerprint density at radius 2 is 1.64 bits per heavy atom. The summed E-state index contributed by atoms with van der Waals surface area (Å²) in [6.07, 6.45) is 1.69. The SMILES string of the molecule is CN1CCN(c2ccc(C(=O)Nc3sc4c(c3C(=O)O)CC(C)(C)CC4(C)C)cc2)CC1.Cl. The van der Waals surface area contributed by atoms with Crippen molar-refractivity contribution in [3.8, 4) is 0 Å². The third-order valence-electron chi connectivity index (χ3n) is 6.64. The van der Waals surface area contributed by atoms with Gasteiger partial charge in [0.1, 0.15) is 5.00 Å². The normalized spacial score (nSPS) is 19.4. The van der Waals surface area contributed by atoms with E-state index in [1.165, 1.54) is 11.3 Å². The van der Waals surface area contributed by atoms with Crippen molar-refractivity contribution in [2.75, 3.05) is 43.4 Å². The first kappa shape index (κ1) is 25.5. The van der Waals surface area contributed by atoms with Gasteiger partial charge in [0.25, 0.3) is 5.91 Å². The number of aromatic carboxylic acids is 1. The van der Waals surface area contributed by atoms with E-state index in [2.05, 4.69) is 49.9 Å². The maximum Gasteiger partial charge on any atom is 0.339 e. The van der Waals surface area contributed by atoms with E-state index in [1.54, 1.807) is 0 Å². The molecule has 180 valence electrons. The molecular weight excluding hydrogens is 458 g/mol. The van der Waals surface area contributed by atoms with Gasteiger partial charge in [-0.05, 0) is 60.5 Å². The lowest BCUT2D eigenvalue weighted by molar-refractivity contribution is 0.0696. The first-order valence-corrected chi connectivity index (χ1v) is 12.0. The van der Waals surface area contributed by atoms with Crippen LogP contribution in [0.3, 0.4) is 0 Å². The molecule has 0 unspecified atom stereocenters. The molecule has 33 heavy (non-hydrogen) atoms. The van der Waals surface area contributed by atoms with Crippen LogP contribution >= 0.6 is 23.7 Å². The summed E-state index contributed by atoms with van der Waals surface area (Å²) in [4.78, 5) is 30.9. The molecule has 1 aliphatic heterocycles. The lowest BCUT2D eigenvalue weighted by Gasteiger charge is -2.40. The Hall–Kier alpha value is -2.09. The number of rotatable bonds is 4. The molecule has 1 fully saturated rings. The van der Waals surface area contributed by atoms with Gasteiger partial charge >= 0.3 is 5.97 Å². The van der Waals surface area contributed by atoms with Gasteiger partial charge in [-0.2, -0.15) is 0 Å². The molecule has 4 rings (SSSR count). The number of halogens is 1. The maximum absolute atomic E-state index is 13.0. The van der Waals surface area contributed by atoms with Gasteiger partial charge < -0.3 is 20.2 Å². The van der Waals surface area contributed by atoms with Crippen molar-refractivity contribution in [3.63, 3.8) is 0 Å². The fraction of sp³-hybridized carbons (Fsp3) is 0.520. The van der Waals surface area contributed by atoms with Gasteiger partial charge in [-0.15, -0.1) is 23.7 Å². The summed E-state index contributed by atoms with van der Waals surface area (Å²) in [5.74, 6) is -1.25. The fourth-order valence-corrected chi connectivity index (χ4v) is 6.68. The number of carbonyl (C=O) groups excluding carboxylic acids is 1. The third-order valence-corrected chi connectivity index (χ3v) is 8.15. The Morgan fingerprint density at radius 1 is 1.03 bits per heavy atom. The van der Waals surface area contributed by atoms with Crippen LogP contribution in [0.15, 0.2) is 24.3 Å². The molecule has 2 aliphatic rings. The van der Waals surface area contributed by atoms with E-state index in [-0.39, 0.29) is 34.7 Å². The average Bonchev–Trinajstić information content (AvgIpc) is 3.06. The molecule has 1 saturated heterocycles. The van der Waals surface area contributed by atoms with E-state index >= 15 is 0 Å². The maximum atomic E-state index is 13.0. The quantitative estimate of drug-likeness (QED) is 0.620. The number of nitrogens with zero attached hydrogens (tertiary/aromatic N) is 2. The molecule has 8 heteroatoms. The van der Waals surface area contributed by atoms with Crippen molar-refractivity contribution >= 4 is 46.3 Å². The molecule has 1 amide bonds. The number of fused-ring (bicyclic) bond motifs is 1. The van der Waals surface area contributed by atoms with Crippen molar-refractivity contribution in [2.24, 2.45) is 5.41 Å². The van der Waals surface area contributed by atoms with Crippen molar-refractivity contribution in [1.29, 1.82) is 0 Å². The van der Waals surface area contributed by atoms with Gasteiger partial charge in [0, 0.05) is 42.3 Å². The van der Waals surface area contributed by atoms with Crippen LogP contribution in [0, 0.1) is 5.41 Å². The second-order valence-electron chi connectivity index (χ2n) is 10.6. The van der Waals surface area contributed by atoms with Gasteiger partial charge in [0.2, 0.25) is 0 Å². The van der Waals surface area contributed by atoms with Crippen molar-refractivity contribution in [1.82, 2.24) is 4.90 Å². The van der Waals surface area contributed by atoms with Crippen LogP contribution in [0.1, 0.15) is 65.3 Å². The highest BCUT2D eigenvalue weighted by atomic mass is 35.5. The monoisotopic (exact) mass is 491 g/mol. The van der Waals surface area contributed by atoms with Gasteiger partial charge in [-0.25, -0.2) is 4.79 Å². The number of benzene rings is 1. The predicted octanol–water partition coefficient (Wildman–Crippen LogP) is 5.12. The summed E-state index contributed by atoms with van der Waals surface area (Å²) in [6.45, 7) is 12.7. The number of thiophene rings is 1. The smallest absolute Gasteiger partial charge is 0.339 e. The van der Waals surface area contributed by atoms with Crippen LogP contribution in [0.4, 0.5) is 10.7 Å². The average molecular weight is 492 g/mol. The van der Waals surface area contributed by atoms with Crippen LogP contribution < -0.4 is 10.2 Å². The molecule has 0 radical (unpaired) electrons. The van der Waals surface area contributed by atoms with E-state index in [9.17, 15) is 14.7 Å². The third kappa shape index (κ3) is 5.20. The highest BCUT2D eigenvalue weighted by Gasteiger charge is 2.42. The first-order chi connectivity index (χ1) is 15.0. The standard InChI is InChI=1S/C25H33N3O3S.ClH/c1-24(2)14-18-19(23(30)31)22(32-20(18)25(3,4)15-24)26-21(29)16-6-8-17(9-7-16)28-12-10-27(5)11-13-28;/h6-9H,10-15H2,1-5H3,(H,26,29)(H,30,31);1H. The lowest BCUT2D eigenvalue weighted by Crippen LogP contribution is -2.44. The van der Waals surface area contributed by atoms with Gasteiger partial charge in [-0.1, -0.05) is 27.7 Å². The summed E-state index contributed by atoms with van der Waals surface area (Å²) in [5, 5.41) is 13.3. The van der Waals surface area contributed by atoms with Gasteiger partial charge in [0.15, 0.2) is 0 Å². The van der Waals surface area contributed by atoms with Crippen molar-refractivity contribution in [3.05, 3.63) is 45.8 Å². The van der Waals surface area contributed by atoms with Crippen LogP contribution in [0.25, 0.3) is 0 Å². The van der Waals surface area contributed by atoms with E-state index in [0.717, 1.165) is 48.7 Å². The van der Waals surface area contributed by atoms with E-state index in [0.29, 0.717) is 17.0 Å². The zero-order chi connectivity index (χ0) is 23.3.